The Morgan fingerprint density at radius 3 is 2.61 bits per heavy atom. The summed E-state index contributed by atoms with van der Waals surface area (Å²) in [5.41, 5.74) is 3.71. The van der Waals surface area contributed by atoms with Crippen LogP contribution in [0, 0.1) is 11.3 Å². The van der Waals surface area contributed by atoms with Crippen molar-refractivity contribution in [3.63, 3.8) is 0 Å². The number of benzene rings is 2. The van der Waals surface area contributed by atoms with Crippen LogP contribution in [0.2, 0.25) is 5.02 Å². The number of rotatable bonds is 2. The summed E-state index contributed by atoms with van der Waals surface area (Å²) < 4.78 is 2.05. The van der Waals surface area contributed by atoms with E-state index in [9.17, 15) is 5.26 Å². The average molecular weight is 320 g/mol. The molecule has 2 heterocycles. The highest BCUT2D eigenvalue weighted by molar-refractivity contribution is 6.30. The topological polar surface area (TPSA) is 70.3 Å². The predicted octanol–water partition coefficient (Wildman–Crippen LogP) is 3.94. The average Bonchev–Trinajstić information content (AvgIpc) is 3.19. The lowest BCUT2D eigenvalue weighted by molar-refractivity contribution is 0.937. The minimum absolute atomic E-state index is 0.281. The molecule has 2 aromatic carbocycles. The molecule has 0 unspecified atom stereocenters. The minimum Gasteiger partial charge on any atom is -0.316 e. The first-order chi connectivity index (χ1) is 11.3. The molecule has 0 aliphatic carbocycles. The maximum atomic E-state index is 9.20. The van der Waals surface area contributed by atoms with Crippen LogP contribution >= 0.6 is 11.6 Å². The number of nitriles is 1. The normalized spacial score (nSPS) is 10.8. The third-order valence-electron chi connectivity index (χ3n) is 3.73. The van der Waals surface area contributed by atoms with E-state index in [0.717, 1.165) is 22.2 Å². The Morgan fingerprint density at radius 2 is 1.83 bits per heavy atom. The lowest BCUT2D eigenvalue weighted by atomic mass is 10.1. The van der Waals surface area contributed by atoms with Gasteiger partial charge >= 0.3 is 0 Å². The van der Waals surface area contributed by atoms with Gasteiger partial charge in [-0.25, -0.2) is 0 Å². The van der Waals surface area contributed by atoms with Gasteiger partial charge in [0.05, 0.1) is 5.52 Å². The largest absolute Gasteiger partial charge is 0.316 e. The second kappa shape index (κ2) is 5.27. The Kier molecular flexibility index (Phi) is 3.11. The molecule has 4 rings (SSSR count). The second-order valence-corrected chi connectivity index (χ2v) is 5.48. The Labute approximate surface area is 136 Å². The highest BCUT2D eigenvalue weighted by Gasteiger charge is 2.17. The van der Waals surface area contributed by atoms with E-state index < -0.39 is 0 Å². The van der Waals surface area contributed by atoms with E-state index >= 15 is 0 Å². The first kappa shape index (κ1) is 13.6. The van der Waals surface area contributed by atoms with E-state index in [2.05, 4.69) is 26.0 Å². The van der Waals surface area contributed by atoms with Crippen LogP contribution in [-0.4, -0.2) is 20.0 Å². The van der Waals surface area contributed by atoms with Crippen molar-refractivity contribution in [2.24, 2.45) is 0 Å². The summed E-state index contributed by atoms with van der Waals surface area (Å²) in [6, 6.07) is 17.6. The summed E-state index contributed by atoms with van der Waals surface area (Å²) in [6.07, 6.45) is 1.96. The van der Waals surface area contributed by atoms with Gasteiger partial charge in [0.2, 0.25) is 0 Å². The smallest absolute Gasteiger partial charge is 0.190 e. The van der Waals surface area contributed by atoms with Crippen molar-refractivity contribution < 1.29 is 0 Å². The summed E-state index contributed by atoms with van der Waals surface area (Å²) in [4.78, 5) is 0. The summed E-state index contributed by atoms with van der Waals surface area (Å²) in [6.45, 7) is 0. The van der Waals surface area contributed by atoms with Crippen LogP contribution in [0.15, 0.2) is 54.7 Å². The summed E-state index contributed by atoms with van der Waals surface area (Å²) in [5.74, 6) is 0. The van der Waals surface area contributed by atoms with Crippen LogP contribution in [0.5, 0.6) is 0 Å². The van der Waals surface area contributed by atoms with E-state index in [0.29, 0.717) is 10.7 Å². The predicted molar refractivity (Wildman–Crippen MR) is 88.4 cm³/mol. The summed E-state index contributed by atoms with van der Waals surface area (Å²) in [7, 11) is 0. The fraction of sp³-hybridized carbons (Fsp3) is 0. The Morgan fingerprint density at radius 1 is 1.04 bits per heavy atom. The van der Waals surface area contributed by atoms with E-state index in [1.807, 2.05) is 54.7 Å². The van der Waals surface area contributed by atoms with Crippen molar-refractivity contribution in [1.82, 2.24) is 20.0 Å². The first-order valence-electron chi connectivity index (χ1n) is 6.95. The van der Waals surface area contributed by atoms with Gasteiger partial charge in [0, 0.05) is 27.9 Å². The Bertz CT molecular complexity index is 1040. The zero-order chi connectivity index (χ0) is 15.8. The molecule has 0 aliphatic heterocycles. The maximum absolute atomic E-state index is 9.20. The molecule has 0 spiro atoms. The number of fused-ring (bicyclic) bond motifs is 1. The monoisotopic (exact) mass is 319 g/mol. The van der Waals surface area contributed by atoms with Crippen LogP contribution in [0.25, 0.3) is 27.8 Å². The van der Waals surface area contributed by atoms with Crippen molar-refractivity contribution in [1.29, 1.82) is 5.26 Å². The Balaban J connectivity index is 2.01. The summed E-state index contributed by atoms with van der Waals surface area (Å²) in [5, 5.41) is 21.4. The molecule has 1 N–H and O–H groups in total. The highest BCUT2D eigenvalue weighted by Crippen LogP contribution is 2.32. The molecule has 0 amide bonds. The molecular formula is C17H10ClN5. The van der Waals surface area contributed by atoms with Gasteiger partial charge < -0.3 is 4.57 Å². The van der Waals surface area contributed by atoms with Gasteiger partial charge in [0.25, 0.3) is 0 Å². The zero-order valence-electron chi connectivity index (χ0n) is 11.9. The van der Waals surface area contributed by atoms with Gasteiger partial charge in [-0.2, -0.15) is 15.6 Å². The van der Waals surface area contributed by atoms with Gasteiger partial charge in [0.1, 0.15) is 11.8 Å². The van der Waals surface area contributed by atoms with E-state index in [-0.39, 0.29) is 5.69 Å². The lowest BCUT2D eigenvalue weighted by Gasteiger charge is -2.04. The van der Waals surface area contributed by atoms with Crippen molar-refractivity contribution in [2.45, 2.75) is 0 Å². The molecule has 0 atom stereocenters. The second-order valence-electron chi connectivity index (χ2n) is 5.04. The molecule has 6 heteroatoms. The third-order valence-corrected chi connectivity index (χ3v) is 3.98. The molecule has 0 saturated carbocycles. The molecule has 0 aliphatic rings. The van der Waals surface area contributed by atoms with Crippen molar-refractivity contribution in [3.8, 4) is 23.0 Å². The molecule has 4 aromatic rings. The number of hydrogen-bond acceptors (Lipinski definition) is 3. The van der Waals surface area contributed by atoms with Crippen molar-refractivity contribution >= 4 is 22.5 Å². The maximum Gasteiger partial charge on any atom is 0.190 e. The molecular weight excluding hydrogens is 310 g/mol. The number of H-pyrrole nitrogens is 1. The van der Waals surface area contributed by atoms with Crippen LogP contribution < -0.4 is 0 Å². The first-order valence-corrected chi connectivity index (χ1v) is 7.33. The van der Waals surface area contributed by atoms with Gasteiger partial charge in [-0.15, -0.1) is 5.10 Å². The fourth-order valence-corrected chi connectivity index (χ4v) is 2.81. The van der Waals surface area contributed by atoms with Gasteiger partial charge in [-0.3, -0.25) is 0 Å². The Hall–Kier alpha value is -3.10. The number of aromatic amines is 1. The number of hydrogen-bond donors (Lipinski definition) is 1. The highest BCUT2D eigenvalue weighted by atomic mass is 35.5. The van der Waals surface area contributed by atoms with Crippen LogP contribution in [0.1, 0.15) is 5.69 Å². The third kappa shape index (κ3) is 2.17. The van der Waals surface area contributed by atoms with Gasteiger partial charge in [-0.1, -0.05) is 29.8 Å². The number of para-hydroxylation sites is 1. The van der Waals surface area contributed by atoms with Crippen molar-refractivity contribution in [2.75, 3.05) is 0 Å². The van der Waals surface area contributed by atoms with E-state index in [1.54, 1.807) is 0 Å². The number of aromatic nitrogens is 4. The molecule has 110 valence electrons. The number of nitrogens with zero attached hydrogens (tertiary/aromatic N) is 4. The molecule has 0 radical (unpaired) electrons. The lowest BCUT2D eigenvalue weighted by Crippen LogP contribution is -1.90. The van der Waals surface area contributed by atoms with Crippen LogP contribution in [0.3, 0.4) is 0 Å². The van der Waals surface area contributed by atoms with Gasteiger partial charge in [0.15, 0.2) is 5.69 Å². The quantitative estimate of drug-likeness (QED) is 0.608. The van der Waals surface area contributed by atoms with Crippen LogP contribution in [-0.2, 0) is 0 Å². The number of halogens is 1. The SMILES string of the molecule is N#Cc1n[nH]nc1-c1cn(-c2ccc(Cl)cc2)c2ccccc12. The molecule has 5 nitrogen and oxygen atoms in total. The van der Waals surface area contributed by atoms with Crippen LogP contribution in [0.4, 0.5) is 0 Å². The molecule has 0 bridgehead atoms. The van der Waals surface area contributed by atoms with E-state index in [4.69, 9.17) is 11.6 Å². The van der Waals surface area contributed by atoms with Gasteiger partial charge in [-0.05, 0) is 30.3 Å². The number of nitrogens with one attached hydrogen (secondary N) is 1. The molecule has 2 aromatic heterocycles. The molecule has 23 heavy (non-hydrogen) atoms. The molecule has 0 fully saturated rings. The van der Waals surface area contributed by atoms with Crippen molar-refractivity contribution in [3.05, 3.63) is 65.4 Å². The minimum atomic E-state index is 0.281. The zero-order valence-corrected chi connectivity index (χ0v) is 12.6. The van der Waals surface area contributed by atoms with E-state index in [1.165, 1.54) is 0 Å². The molecule has 0 saturated heterocycles. The summed E-state index contributed by atoms with van der Waals surface area (Å²) >= 11 is 5.98. The fourth-order valence-electron chi connectivity index (χ4n) is 2.68. The standard InChI is InChI=1S/C17H10ClN5/c18-11-5-7-12(8-6-11)23-10-14(13-3-1-2-4-16(13)23)17-15(9-19)20-22-21-17/h1-8,10H,(H,20,21,22).